The number of hydrogen-bond acceptors (Lipinski definition) is 6. The van der Waals surface area contributed by atoms with Crippen molar-refractivity contribution in [2.75, 3.05) is 6.54 Å². The Labute approximate surface area is 185 Å². The maximum atomic E-state index is 13.1. The summed E-state index contributed by atoms with van der Waals surface area (Å²) in [6.07, 6.45) is 0.106. The molecule has 0 unspecified atom stereocenters. The normalized spacial score (nSPS) is 14.1. The second kappa shape index (κ2) is 8.30. The van der Waals surface area contributed by atoms with E-state index in [0.29, 0.717) is 42.7 Å². The number of aryl methyl sites for hydroxylation is 1. The maximum Gasteiger partial charge on any atom is 0.279 e. The predicted molar refractivity (Wildman–Crippen MR) is 118 cm³/mol. The largest absolute Gasteiger partial charge is 0.481 e. The van der Waals surface area contributed by atoms with Gasteiger partial charge in [-0.2, -0.15) is 10.1 Å². The van der Waals surface area contributed by atoms with Crippen molar-refractivity contribution in [2.24, 2.45) is 7.05 Å². The summed E-state index contributed by atoms with van der Waals surface area (Å²) in [6, 6.07) is 19.0. The highest BCUT2D eigenvalue weighted by Gasteiger charge is 2.31. The highest BCUT2D eigenvalue weighted by atomic mass is 16.5. The Morgan fingerprint density at radius 1 is 1.09 bits per heavy atom. The lowest BCUT2D eigenvalue weighted by Gasteiger charge is -2.29. The molecule has 32 heavy (non-hydrogen) atoms. The lowest BCUT2D eigenvalue weighted by Crippen LogP contribution is -2.43. The fourth-order valence-electron chi connectivity index (χ4n) is 3.99. The number of benzene rings is 2. The summed E-state index contributed by atoms with van der Waals surface area (Å²) in [5.74, 6) is 1.47. The number of carbonyl (C=O) groups excluding carboxylic acids is 1. The van der Waals surface area contributed by atoms with E-state index >= 15 is 0 Å². The minimum Gasteiger partial charge on any atom is -0.481 e. The molecule has 8 nitrogen and oxygen atoms in total. The number of hydrogen-bond donors (Lipinski definition) is 0. The molecule has 0 bridgehead atoms. The van der Waals surface area contributed by atoms with E-state index < -0.39 is 6.10 Å². The molecule has 5 rings (SSSR count). The van der Waals surface area contributed by atoms with Crippen molar-refractivity contribution in [1.82, 2.24) is 24.8 Å². The molecular weight excluding hydrogens is 406 g/mol. The fourth-order valence-corrected chi connectivity index (χ4v) is 3.99. The smallest absolute Gasteiger partial charge is 0.279 e. The Morgan fingerprint density at radius 2 is 1.81 bits per heavy atom. The van der Waals surface area contributed by atoms with Crippen LogP contribution in [0.5, 0.6) is 5.75 Å². The minimum atomic E-state index is -0.591. The van der Waals surface area contributed by atoms with Crippen LogP contribution in [-0.4, -0.2) is 43.4 Å². The molecular formula is C24H23N5O3. The van der Waals surface area contributed by atoms with Gasteiger partial charge in [-0.05, 0) is 19.1 Å². The first-order valence-electron chi connectivity index (χ1n) is 10.5. The highest BCUT2D eigenvalue weighted by molar-refractivity contribution is 5.81. The van der Waals surface area contributed by atoms with E-state index in [1.165, 1.54) is 0 Å². The number of nitrogens with zero attached hydrogens (tertiary/aromatic N) is 5. The minimum absolute atomic E-state index is 0.0650. The summed E-state index contributed by atoms with van der Waals surface area (Å²) in [5, 5.41) is 8.74. The average Bonchev–Trinajstić information content (AvgIpc) is 3.44. The molecule has 8 heteroatoms. The molecule has 1 amide bonds. The zero-order valence-electron chi connectivity index (χ0n) is 17.9. The second-order valence-corrected chi connectivity index (χ2v) is 7.77. The topological polar surface area (TPSA) is 86.3 Å². The van der Waals surface area contributed by atoms with Crippen LogP contribution in [0.3, 0.4) is 0 Å². The molecule has 0 radical (unpaired) electrons. The molecule has 1 atom stereocenters. The van der Waals surface area contributed by atoms with Crippen molar-refractivity contribution >= 4 is 5.91 Å². The molecule has 0 N–H and O–H groups in total. The van der Waals surface area contributed by atoms with Gasteiger partial charge in [0.15, 0.2) is 11.8 Å². The van der Waals surface area contributed by atoms with Gasteiger partial charge in [-0.3, -0.25) is 9.48 Å². The first kappa shape index (κ1) is 20.0. The number of carbonyl (C=O) groups is 1. The van der Waals surface area contributed by atoms with Crippen LogP contribution in [0.1, 0.15) is 18.2 Å². The maximum absolute atomic E-state index is 13.1. The molecule has 0 fully saturated rings. The fraction of sp³-hybridized carbons (Fsp3) is 0.250. The first-order valence-corrected chi connectivity index (χ1v) is 10.5. The molecule has 2 aromatic carbocycles. The SMILES string of the molecule is C[C@@H](Oc1ccccc1)C(=O)N1CCc2c(c(-c3nc(-c4ccccc4)no3)nn2C)C1. The van der Waals surface area contributed by atoms with Crippen molar-refractivity contribution in [3.63, 3.8) is 0 Å². The van der Waals surface area contributed by atoms with Crippen LogP contribution in [0.25, 0.3) is 23.0 Å². The van der Waals surface area contributed by atoms with E-state index in [0.717, 1.165) is 16.8 Å². The summed E-state index contributed by atoms with van der Waals surface area (Å²) in [7, 11) is 1.90. The van der Waals surface area contributed by atoms with Gasteiger partial charge in [-0.15, -0.1) is 0 Å². The highest BCUT2D eigenvalue weighted by Crippen LogP contribution is 2.30. The van der Waals surface area contributed by atoms with Gasteiger partial charge < -0.3 is 14.2 Å². The number of amides is 1. The third kappa shape index (κ3) is 3.75. The second-order valence-electron chi connectivity index (χ2n) is 7.77. The van der Waals surface area contributed by atoms with Crippen LogP contribution in [-0.2, 0) is 24.8 Å². The van der Waals surface area contributed by atoms with Crippen LogP contribution in [0, 0.1) is 0 Å². The van der Waals surface area contributed by atoms with Gasteiger partial charge in [0.1, 0.15) is 5.75 Å². The standard InChI is InChI=1S/C24H23N5O3/c1-16(31-18-11-7-4-8-12-18)24(30)29-14-13-20-19(15-29)21(26-28(20)2)23-25-22(27-32-23)17-9-5-3-6-10-17/h3-12,16H,13-15H2,1-2H3/t16-/m1/s1. The van der Waals surface area contributed by atoms with Crippen LogP contribution in [0.15, 0.2) is 65.2 Å². The van der Waals surface area contributed by atoms with Gasteiger partial charge in [0, 0.05) is 43.4 Å². The van der Waals surface area contributed by atoms with Crippen molar-refractivity contribution in [3.05, 3.63) is 71.9 Å². The quantitative estimate of drug-likeness (QED) is 0.483. The van der Waals surface area contributed by atoms with Gasteiger partial charge in [-0.1, -0.05) is 53.7 Å². The number of ether oxygens (including phenoxy) is 1. The molecule has 0 aliphatic carbocycles. The molecule has 0 saturated heterocycles. The van der Waals surface area contributed by atoms with E-state index in [-0.39, 0.29) is 5.91 Å². The van der Waals surface area contributed by atoms with Gasteiger partial charge in [0.2, 0.25) is 5.82 Å². The Morgan fingerprint density at radius 3 is 2.56 bits per heavy atom. The van der Waals surface area contributed by atoms with Gasteiger partial charge in [0.05, 0.1) is 0 Å². The molecule has 0 saturated carbocycles. The van der Waals surface area contributed by atoms with Gasteiger partial charge in [0.25, 0.3) is 11.8 Å². The molecule has 2 aromatic heterocycles. The molecule has 162 valence electrons. The van der Waals surface area contributed by atoms with E-state index in [9.17, 15) is 4.79 Å². The van der Waals surface area contributed by atoms with E-state index in [2.05, 4.69) is 15.2 Å². The summed E-state index contributed by atoms with van der Waals surface area (Å²) < 4.78 is 13.2. The van der Waals surface area contributed by atoms with E-state index in [1.807, 2.05) is 72.4 Å². The lowest BCUT2D eigenvalue weighted by atomic mass is 10.0. The van der Waals surface area contributed by atoms with E-state index in [1.54, 1.807) is 11.8 Å². The lowest BCUT2D eigenvalue weighted by molar-refractivity contribution is -0.138. The number of fused-ring (bicyclic) bond motifs is 1. The monoisotopic (exact) mass is 429 g/mol. The predicted octanol–water partition coefficient (Wildman–Crippen LogP) is 3.49. The summed E-state index contributed by atoms with van der Waals surface area (Å²) in [4.78, 5) is 19.4. The number of para-hydroxylation sites is 1. The van der Waals surface area contributed by atoms with Crippen molar-refractivity contribution in [2.45, 2.75) is 26.0 Å². The zero-order chi connectivity index (χ0) is 22.1. The third-order valence-corrected chi connectivity index (χ3v) is 5.62. The summed E-state index contributed by atoms with van der Waals surface area (Å²) in [5.41, 5.74) is 3.49. The van der Waals surface area contributed by atoms with Crippen molar-refractivity contribution in [1.29, 1.82) is 0 Å². The number of rotatable bonds is 5. The Hall–Kier alpha value is -3.94. The van der Waals surface area contributed by atoms with Crippen molar-refractivity contribution < 1.29 is 14.1 Å². The zero-order valence-corrected chi connectivity index (χ0v) is 17.9. The summed E-state index contributed by atoms with van der Waals surface area (Å²) in [6.45, 7) is 2.80. The van der Waals surface area contributed by atoms with Gasteiger partial charge in [-0.25, -0.2) is 0 Å². The van der Waals surface area contributed by atoms with Crippen LogP contribution in [0.4, 0.5) is 0 Å². The molecule has 1 aliphatic heterocycles. The van der Waals surface area contributed by atoms with Crippen LogP contribution in [0.2, 0.25) is 0 Å². The Balaban J connectivity index is 1.38. The molecule has 4 aromatic rings. The van der Waals surface area contributed by atoms with E-state index in [4.69, 9.17) is 9.26 Å². The number of aromatic nitrogens is 4. The van der Waals surface area contributed by atoms with Crippen LogP contribution >= 0.6 is 0 Å². The molecule has 0 spiro atoms. The van der Waals surface area contributed by atoms with Crippen molar-refractivity contribution in [3.8, 4) is 28.7 Å². The summed E-state index contributed by atoms with van der Waals surface area (Å²) >= 11 is 0. The average molecular weight is 429 g/mol. The molecule has 1 aliphatic rings. The Bertz CT molecular complexity index is 1230. The molecule has 3 heterocycles. The van der Waals surface area contributed by atoms with Gasteiger partial charge >= 0.3 is 0 Å². The first-order chi connectivity index (χ1) is 15.6. The van der Waals surface area contributed by atoms with Crippen LogP contribution < -0.4 is 4.74 Å². The Kier molecular flexibility index (Phi) is 5.18. The third-order valence-electron chi connectivity index (χ3n) is 5.62.